The number of benzene rings is 3. The highest BCUT2D eigenvalue weighted by molar-refractivity contribution is 5.25. The van der Waals surface area contributed by atoms with Crippen molar-refractivity contribution in [3.8, 4) is 0 Å². The van der Waals surface area contributed by atoms with Crippen molar-refractivity contribution in [2.45, 2.75) is 157 Å². The molecule has 13 heteroatoms. The van der Waals surface area contributed by atoms with Crippen molar-refractivity contribution in [3.63, 3.8) is 0 Å². The van der Waals surface area contributed by atoms with Gasteiger partial charge in [0.05, 0.1) is 45.7 Å². The van der Waals surface area contributed by atoms with Crippen LogP contribution >= 0.6 is 0 Å². The van der Waals surface area contributed by atoms with E-state index in [9.17, 15) is 5.11 Å². The van der Waals surface area contributed by atoms with Crippen LogP contribution in [-0.4, -0.2) is 112 Å². The molecule has 0 heterocycles. The van der Waals surface area contributed by atoms with Crippen molar-refractivity contribution >= 4 is 0 Å². The maximum atomic E-state index is 9.67. The van der Waals surface area contributed by atoms with Gasteiger partial charge in [0.1, 0.15) is 0 Å². The molecule has 4 aliphatic carbocycles. The first-order valence-electron chi connectivity index (χ1n) is 25.7. The molecule has 4 unspecified atom stereocenters. The smallest absolute Gasteiger partial charge is 0.0685 e. The summed E-state index contributed by atoms with van der Waals surface area (Å²) in [5.74, 6) is 3.33. The Morgan fingerprint density at radius 3 is 1.01 bits per heavy atom. The summed E-state index contributed by atoms with van der Waals surface area (Å²) in [7, 11) is 0. The van der Waals surface area contributed by atoms with Gasteiger partial charge in [0, 0.05) is 39.6 Å². The van der Waals surface area contributed by atoms with Gasteiger partial charge >= 0.3 is 0 Å². The molecule has 4 fully saturated rings. The lowest BCUT2D eigenvalue weighted by Gasteiger charge is -2.60. The Labute approximate surface area is 420 Å². The monoisotopic (exact) mass is 989 g/mol. The van der Waals surface area contributed by atoms with Crippen molar-refractivity contribution in [1.82, 2.24) is 0 Å². The number of aliphatic hydroxyl groups is 13. The summed E-state index contributed by atoms with van der Waals surface area (Å²) >= 11 is 0. The molecule has 3 aromatic rings. The number of rotatable bonds is 12. The Kier molecular flexibility index (Phi) is 34.4. The van der Waals surface area contributed by atoms with Gasteiger partial charge in [-0.25, -0.2) is 0 Å². The van der Waals surface area contributed by atoms with Gasteiger partial charge in [0.15, 0.2) is 0 Å². The largest absolute Gasteiger partial charge is 0.396 e. The van der Waals surface area contributed by atoms with E-state index in [1.807, 2.05) is 30.3 Å². The Hall–Kier alpha value is -2.86. The quantitative estimate of drug-likeness (QED) is 0.0939. The van der Waals surface area contributed by atoms with Crippen molar-refractivity contribution in [2.24, 2.45) is 52.3 Å². The van der Waals surface area contributed by atoms with E-state index in [0.717, 1.165) is 91.2 Å². The fourth-order valence-electron chi connectivity index (χ4n) is 9.83. The van der Waals surface area contributed by atoms with Gasteiger partial charge < -0.3 is 66.4 Å². The first-order chi connectivity index (χ1) is 33.5. The predicted octanol–water partition coefficient (Wildman–Crippen LogP) is 6.40. The zero-order chi connectivity index (χ0) is 52.5. The van der Waals surface area contributed by atoms with E-state index in [0.29, 0.717) is 67.9 Å². The van der Waals surface area contributed by atoms with Crippen molar-refractivity contribution in [2.75, 3.05) is 39.6 Å². The van der Waals surface area contributed by atoms with Crippen LogP contribution in [0, 0.1) is 52.3 Å². The summed E-state index contributed by atoms with van der Waals surface area (Å²) in [6.07, 6.45) is 13.4. The maximum absolute atomic E-state index is 9.67. The molecule has 0 spiro atoms. The topological polar surface area (TPSA) is 263 Å². The van der Waals surface area contributed by atoms with Crippen LogP contribution in [0.3, 0.4) is 0 Å². The van der Waals surface area contributed by atoms with Crippen LogP contribution < -0.4 is 0 Å². The molecule has 3 aromatic carbocycles. The molecule has 13 nitrogen and oxygen atoms in total. The van der Waals surface area contributed by atoms with Crippen molar-refractivity contribution in [3.05, 3.63) is 106 Å². The Balaban J connectivity index is 0.000000408. The van der Waals surface area contributed by atoms with Gasteiger partial charge in [-0.1, -0.05) is 127 Å². The first kappa shape index (κ1) is 65.2. The highest BCUT2D eigenvalue weighted by Crippen LogP contribution is 2.58. The predicted molar refractivity (Wildman–Crippen MR) is 276 cm³/mol. The first-order valence-corrected chi connectivity index (χ1v) is 25.7. The van der Waals surface area contributed by atoms with E-state index in [1.54, 1.807) is 42.5 Å². The highest BCUT2D eigenvalue weighted by Gasteiger charge is 2.58. The summed E-state index contributed by atoms with van der Waals surface area (Å²) in [6.45, 7) is 12.7. The summed E-state index contributed by atoms with van der Waals surface area (Å²) in [5.41, 5.74) is 5.27. The second-order valence-electron chi connectivity index (χ2n) is 20.8. The number of hydrogen-bond acceptors (Lipinski definition) is 13. The molecule has 0 aliphatic heterocycles. The zero-order valence-corrected chi connectivity index (χ0v) is 43.3. The Morgan fingerprint density at radius 2 is 0.743 bits per heavy atom. The third kappa shape index (κ3) is 23.3. The summed E-state index contributed by atoms with van der Waals surface area (Å²) < 4.78 is 0. The van der Waals surface area contributed by atoms with Crippen LogP contribution in [0.15, 0.2) is 72.8 Å². The summed E-state index contributed by atoms with van der Waals surface area (Å²) in [6, 6.07) is 21.7. The van der Waals surface area contributed by atoms with Crippen LogP contribution in [0.1, 0.15) is 145 Å². The van der Waals surface area contributed by atoms with Crippen LogP contribution in [0.2, 0.25) is 0 Å². The standard InChI is InChI=1S/C9H18O.C8H16O2.C8H10O2.C8H16O2.C8H10O2.C8H16O2.C8H10O2/c1-6-8(2,3)7(10)9(6,4)5;2*9-5-7-1-2-8(6-10)4-3-7;2*9-5-7-2-1-3-8(4-7)6-10;2*9-5-7-3-1-2-4-8(7)6-10/h6-7,10H,1-5H3;7-10H,1-6H2;1-4,9-10H,5-6H2;7-10H,1-6H2;1-4,9-10H,5-6H2;7-10H,1-6H2;1-4,9-10H,5-6H2. The van der Waals surface area contributed by atoms with Crippen LogP contribution in [0.4, 0.5) is 0 Å². The third-order valence-corrected chi connectivity index (χ3v) is 15.3. The number of aliphatic hydroxyl groups excluding tert-OH is 13. The summed E-state index contributed by atoms with van der Waals surface area (Å²) in [5, 5.41) is 115. The summed E-state index contributed by atoms with van der Waals surface area (Å²) in [4.78, 5) is 0. The SMILES string of the molecule is CC1C(C)(C)C(O)C1(C)C.OCC1CCC(CO)CC1.OCC1CCCC(CO)C1.OCC1CCCCC1CO.OCc1ccc(CO)cc1.OCc1cccc(CO)c1.OCc1ccccc1CO. The molecule has 4 aliphatic rings. The molecule has 0 saturated heterocycles. The fraction of sp³-hybridized carbons (Fsp3) is 0.684. The Morgan fingerprint density at radius 1 is 0.386 bits per heavy atom. The van der Waals surface area contributed by atoms with Crippen LogP contribution in [0.25, 0.3) is 0 Å². The average molecular weight is 989 g/mol. The minimum absolute atomic E-state index is 0.00324. The van der Waals surface area contributed by atoms with Crippen molar-refractivity contribution in [1.29, 1.82) is 0 Å². The molecule has 0 amide bonds. The van der Waals surface area contributed by atoms with Crippen LogP contribution in [0.5, 0.6) is 0 Å². The lowest BCUT2D eigenvalue weighted by atomic mass is 9.46. The lowest BCUT2D eigenvalue weighted by Crippen LogP contribution is -2.62. The number of hydrogen-bond donors (Lipinski definition) is 13. The van der Waals surface area contributed by atoms with Crippen molar-refractivity contribution < 1.29 is 66.4 Å². The molecule has 0 radical (unpaired) electrons. The van der Waals surface area contributed by atoms with Gasteiger partial charge in [0.2, 0.25) is 0 Å². The van der Waals surface area contributed by atoms with Gasteiger partial charge in [-0.3, -0.25) is 0 Å². The molecule has 402 valence electrons. The van der Waals surface area contributed by atoms with Gasteiger partial charge in [-0.2, -0.15) is 0 Å². The minimum atomic E-state index is -0.130. The maximum Gasteiger partial charge on any atom is 0.0685 e. The molecule has 70 heavy (non-hydrogen) atoms. The Bertz CT molecular complexity index is 1580. The van der Waals surface area contributed by atoms with E-state index in [4.69, 9.17) is 61.3 Å². The molecular formula is C57H96O13. The van der Waals surface area contributed by atoms with E-state index in [-0.39, 0.29) is 69.8 Å². The minimum Gasteiger partial charge on any atom is -0.396 e. The zero-order valence-electron chi connectivity index (χ0n) is 43.3. The van der Waals surface area contributed by atoms with Crippen LogP contribution in [-0.2, 0) is 39.6 Å². The molecule has 4 saturated carbocycles. The molecule has 0 bridgehead atoms. The fourth-order valence-corrected chi connectivity index (χ4v) is 9.83. The van der Waals surface area contributed by atoms with E-state index in [1.165, 1.54) is 19.3 Å². The molecule has 0 aromatic heterocycles. The molecular weight excluding hydrogens is 893 g/mol. The normalized spacial score (nSPS) is 24.9. The molecule has 7 rings (SSSR count). The average Bonchev–Trinajstić information content (AvgIpc) is 3.43. The van der Waals surface area contributed by atoms with Gasteiger partial charge in [-0.05, 0) is 143 Å². The third-order valence-electron chi connectivity index (χ3n) is 15.3. The van der Waals surface area contributed by atoms with E-state index < -0.39 is 0 Å². The molecule has 13 N–H and O–H groups in total. The van der Waals surface area contributed by atoms with Gasteiger partial charge in [0.25, 0.3) is 0 Å². The molecule has 4 atom stereocenters. The van der Waals surface area contributed by atoms with Gasteiger partial charge in [-0.15, -0.1) is 0 Å². The second kappa shape index (κ2) is 37.0. The highest BCUT2D eigenvalue weighted by atomic mass is 16.3. The van der Waals surface area contributed by atoms with E-state index in [2.05, 4.69) is 34.6 Å². The second-order valence-corrected chi connectivity index (χ2v) is 20.8. The van der Waals surface area contributed by atoms with E-state index >= 15 is 0 Å². The lowest BCUT2D eigenvalue weighted by molar-refractivity contribution is -0.204.